The van der Waals surface area contributed by atoms with E-state index in [9.17, 15) is 14.4 Å². The third-order valence-corrected chi connectivity index (χ3v) is 11.1. The molecule has 0 radical (unpaired) electrons. The summed E-state index contributed by atoms with van der Waals surface area (Å²) in [5.74, 6) is -0.950. The van der Waals surface area contributed by atoms with Crippen LogP contribution in [0.5, 0.6) is 0 Å². The fraction of sp³-hybridized carbons (Fsp3) is 0.707. The number of ether oxygens (including phenoxy) is 3. The fourth-order valence-corrected chi connectivity index (χ4v) is 7.15. The van der Waals surface area contributed by atoms with E-state index in [-0.39, 0.29) is 37.5 Å². The fourth-order valence-electron chi connectivity index (χ4n) is 7.15. The van der Waals surface area contributed by atoms with Gasteiger partial charge in [-0.2, -0.15) is 0 Å². The molecule has 0 heterocycles. The van der Waals surface area contributed by atoms with Crippen LogP contribution in [0.1, 0.15) is 245 Å². The van der Waals surface area contributed by atoms with Gasteiger partial charge in [-0.25, -0.2) is 0 Å². The highest BCUT2D eigenvalue weighted by Crippen LogP contribution is 2.14. The maximum Gasteiger partial charge on any atom is 0.306 e. The smallest absolute Gasteiger partial charge is 0.306 e. The molecule has 1 unspecified atom stereocenters. The zero-order valence-corrected chi connectivity index (χ0v) is 41.8. The van der Waals surface area contributed by atoms with Gasteiger partial charge in [0.25, 0.3) is 0 Å². The van der Waals surface area contributed by atoms with Gasteiger partial charge >= 0.3 is 17.9 Å². The first-order chi connectivity index (χ1) is 31.5. The average molecular weight is 891 g/mol. The summed E-state index contributed by atoms with van der Waals surface area (Å²) < 4.78 is 16.8. The van der Waals surface area contributed by atoms with Crippen LogP contribution in [0.3, 0.4) is 0 Å². The van der Waals surface area contributed by atoms with Crippen molar-refractivity contribution in [2.45, 2.75) is 252 Å². The highest BCUT2D eigenvalue weighted by atomic mass is 16.6. The molecule has 0 fully saturated rings. The third kappa shape index (κ3) is 49.6. The monoisotopic (exact) mass is 891 g/mol. The van der Waals surface area contributed by atoms with Gasteiger partial charge in [0.2, 0.25) is 0 Å². The normalized spacial score (nSPS) is 12.7. The van der Waals surface area contributed by atoms with Gasteiger partial charge in [0.05, 0.1) is 0 Å². The molecule has 1 atom stereocenters. The average Bonchev–Trinajstić information content (AvgIpc) is 3.29. The van der Waals surface area contributed by atoms with Crippen molar-refractivity contribution in [1.82, 2.24) is 0 Å². The Hall–Kier alpha value is -3.41. The van der Waals surface area contributed by atoms with E-state index in [0.717, 1.165) is 96.3 Å². The number of carbonyl (C=O) groups excluding carboxylic acids is 3. The number of esters is 3. The summed E-state index contributed by atoms with van der Waals surface area (Å²) in [7, 11) is 0. The summed E-state index contributed by atoms with van der Waals surface area (Å²) >= 11 is 0. The van der Waals surface area contributed by atoms with Gasteiger partial charge in [-0.05, 0) is 96.3 Å². The van der Waals surface area contributed by atoms with Crippen molar-refractivity contribution in [2.75, 3.05) is 13.2 Å². The first kappa shape index (κ1) is 60.6. The topological polar surface area (TPSA) is 78.9 Å². The van der Waals surface area contributed by atoms with Crippen molar-refractivity contribution in [3.8, 4) is 0 Å². The molecule has 0 N–H and O–H groups in total. The van der Waals surface area contributed by atoms with Crippen LogP contribution in [0.25, 0.3) is 0 Å². The molecule has 0 rings (SSSR count). The van der Waals surface area contributed by atoms with Crippen molar-refractivity contribution in [3.05, 3.63) is 85.1 Å². The second-order valence-electron chi connectivity index (χ2n) is 17.4. The van der Waals surface area contributed by atoms with Crippen LogP contribution < -0.4 is 0 Å². The summed E-state index contributed by atoms with van der Waals surface area (Å²) in [5.41, 5.74) is 0. The lowest BCUT2D eigenvalue weighted by Gasteiger charge is -2.18. The summed E-state index contributed by atoms with van der Waals surface area (Å²) in [4.78, 5) is 38.0. The largest absolute Gasteiger partial charge is 0.462 e. The van der Waals surface area contributed by atoms with E-state index in [1.165, 1.54) is 103 Å². The zero-order chi connectivity index (χ0) is 46.5. The van der Waals surface area contributed by atoms with E-state index in [0.29, 0.717) is 19.3 Å². The molecule has 0 amide bonds. The van der Waals surface area contributed by atoms with Crippen molar-refractivity contribution in [3.63, 3.8) is 0 Å². The SMILES string of the molecule is CC/C=C\C/C=C\C/C=C\C/C=C\CCCCC(=O)OC(COC(=O)CCCCCCCC/C=C\C/C=C\C/C=C\CCCCC)COC(=O)CCCCCCCCCCCCCC. The molecule has 0 bridgehead atoms. The Morgan fingerprint density at radius 3 is 1.02 bits per heavy atom. The molecular formula is C58H98O6. The van der Waals surface area contributed by atoms with E-state index < -0.39 is 6.10 Å². The third-order valence-electron chi connectivity index (χ3n) is 11.1. The van der Waals surface area contributed by atoms with E-state index in [4.69, 9.17) is 14.2 Å². The Morgan fingerprint density at radius 2 is 0.609 bits per heavy atom. The molecule has 64 heavy (non-hydrogen) atoms. The van der Waals surface area contributed by atoms with Crippen LogP contribution >= 0.6 is 0 Å². The van der Waals surface area contributed by atoms with Crippen LogP contribution in [-0.4, -0.2) is 37.2 Å². The molecule has 0 aromatic heterocycles. The minimum Gasteiger partial charge on any atom is -0.462 e. The highest BCUT2D eigenvalue weighted by Gasteiger charge is 2.19. The van der Waals surface area contributed by atoms with Crippen LogP contribution in [0.15, 0.2) is 85.1 Å². The minimum atomic E-state index is -0.802. The Morgan fingerprint density at radius 1 is 0.328 bits per heavy atom. The van der Waals surface area contributed by atoms with E-state index in [1.54, 1.807) is 0 Å². The number of hydrogen-bond donors (Lipinski definition) is 0. The summed E-state index contributed by atoms with van der Waals surface area (Å²) in [6.45, 7) is 6.45. The zero-order valence-electron chi connectivity index (χ0n) is 41.8. The maximum absolute atomic E-state index is 12.8. The van der Waals surface area contributed by atoms with Gasteiger partial charge in [-0.1, -0.05) is 215 Å². The Balaban J connectivity index is 4.45. The van der Waals surface area contributed by atoms with Crippen LogP contribution in [0.2, 0.25) is 0 Å². The van der Waals surface area contributed by atoms with Crippen LogP contribution in [-0.2, 0) is 28.6 Å². The molecule has 0 saturated heterocycles. The van der Waals surface area contributed by atoms with Gasteiger partial charge in [-0.3, -0.25) is 14.4 Å². The Kier molecular flexibility index (Phi) is 49.4. The van der Waals surface area contributed by atoms with Crippen LogP contribution in [0, 0.1) is 0 Å². The molecule has 6 heteroatoms. The Bertz CT molecular complexity index is 1250. The second kappa shape index (κ2) is 52.2. The van der Waals surface area contributed by atoms with E-state index in [1.807, 2.05) is 0 Å². The molecule has 0 aliphatic rings. The molecule has 0 aromatic rings. The predicted molar refractivity (Wildman–Crippen MR) is 274 cm³/mol. The summed E-state index contributed by atoms with van der Waals surface area (Å²) in [6.07, 6.45) is 67.1. The van der Waals surface area contributed by atoms with Gasteiger partial charge in [0.15, 0.2) is 6.10 Å². The van der Waals surface area contributed by atoms with E-state index >= 15 is 0 Å². The molecule has 6 nitrogen and oxygen atoms in total. The predicted octanol–water partition coefficient (Wildman–Crippen LogP) is 17.6. The van der Waals surface area contributed by atoms with Crippen molar-refractivity contribution >= 4 is 17.9 Å². The number of hydrogen-bond acceptors (Lipinski definition) is 6. The maximum atomic E-state index is 12.8. The van der Waals surface area contributed by atoms with Gasteiger partial charge in [0, 0.05) is 19.3 Å². The number of rotatable bonds is 47. The van der Waals surface area contributed by atoms with Gasteiger partial charge in [0.1, 0.15) is 13.2 Å². The molecule has 0 aliphatic heterocycles. The second-order valence-corrected chi connectivity index (χ2v) is 17.4. The van der Waals surface area contributed by atoms with Gasteiger partial charge in [-0.15, -0.1) is 0 Å². The molecule has 0 aromatic carbocycles. The van der Waals surface area contributed by atoms with E-state index in [2.05, 4.69) is 106 Å². The van der Waals surface area contributed by atoms with Crippen molar-refractivity contribution < 1.29 is 28.6 Å². The molecule has 0 spiro atoms. The molecule has 0 saturated carbocycles. The minimum absolute atomic E-state index is 0.0964. The number of carbonyl (C=O) groups is 3. The molecule has 366 valence electrons. The first-order valence-corrected chi connectivity index (χ1v) is 26.6. The molecular weight excluding hydrogens is 793 g/mol. The summed E-state index contributed by atoms with van der Waals surface area (Å²) in [5, 5.41) is 0. The number of allylic oxidation sites excluding steroid dienone is 14. The lowest BCUT2D eigenvalue weighted by Crippen LogP contribution is -2.30. The standard InChI is InChI=1S/C58H98O6/c1-4-7-10-13-16-19-22-25-27-28-29-30-32-33-36-39-42-45-48-51-57(60)63-54-55(53-62-56(59)50-47-44-41-38-35-24-21-18-15-12-9-6-3)64-58(61)52-49-46-43-40-37-34-31-26-23-20-17-14-11-8-5-2/h8,11,16-17,19-20,25-27,29-31,37,40,55H,4-7,9-10,12-15,18,21-24,28,32-36,38-39,41-54H2,1-3H3/b11-8-,19-16-,20-17-,27-25-,30-29-,31-26-,40-37-. The van der Waals surface area contributed by atoms with Crippen LogP contribution in [0.4, 0.5) is 0 Å². The first-order valence-electron chi connectivity index (χ1n) is 26.6. The highest BCUT2D eigenvalue weighted by molar-refractivity contribution is 5.71. The lowest BCUT2D eigenvalue weighted by atomic mass is 10.0. The van der Waals surface area contributed by atoms with Crippen molar-refractivity contribution in [2.24, 2.45) is 0 Å². The summed E-state index contributed by atoms with van der Waals surface area (Å²) in [6, 6.07) is 0. The quantitative estimate of drug-likeness (QED) is 0.0262. The Labute approximate surface area is 395 Å². The van der Waals surface area contributed by atoms with Gasteiger partial charge < -0.3 is 14.2 Å². The molecule has 0 aliphatic carbocycles. The lowest BCUT2D eigenvalue weighted by molar-refractivity contribution is -0.167. The number of unbranched alkanes of at least 4 members (excludes halogenated alkanes) is 22. The van der Waals surface area contributed by atoms with Crippen molar-refractivity contribution in [1.29, 1.82) is 0 Å².